The third-order valence-electron chi connectivity index (χ3n) is 2.60. The molecule has 4 heteroatoms. The Morgan fingerprint density at radius 2 is 1.50 bits per heavy atom. The minimum atomic E-state index is -0.242. The van der Waals surface area contributed by atoms with Gasteiger partial charge in [0.05, 0.1) is 7.11 Å². The maximum atomic E-state index is 11.1. The quantitative estimate of drug-likeness (QED) is 0.843. The van der Waals surface area contributed by atoms with Crippen molar-refractivity contribution in [1.29, 1.82) is 0 Å². The van der Waals surface area contributed by atoms with Crippen molar-refractivity contribution in [2.24, 2.45) is 0 Å². The lowest BCUT2D eigenvalue weighted by Crippen LogP contribution is -2.06. The van der Waals surface area contributed by atoms with Crippen LogP contribution in [0.5, 0.6) is 17.2 Å². The van der Waals surface area contributed by atoms with Crippen molar-refractivity contribution in [1.82, 2.24) is 0 Å². The number of amides is 1. The van der Waals surface area contributed by atoms with Crippen LogP contribution in [0.15, 0.2) is 61.2 Å². The summed E-state index contributed by atoms with van der Waals surface area (Å²) in [6.45, 7) is 3.40. The smallest absolute Gasteiger partial charge is 0.247 e. The van der Waals surface area contributed by atoms with E-state index in [-0.39, 0.29) is 5.91 Å². The van der Waals surface area contributed by atoms with Gasteiger partial charge in [0.1, 0.15) is 17.2 Å². The van der Waals surface area contributed by atoms with Gasteiger partial charge in [-0.2, -0.15) is 0 Å². The van der Waals surface area contributed by atoms with Gasteiger partial charge < -0.3 is 14.8 Å². The molecule has 0 saturated heterocycles. The summed E-state index contributed by atoms with van der Waals surface area (Å²) < 4.78 is 10.8. The number of benzene rings is 2. The fourth-order valence-corrected chi connectivity index (χ4v) is 1.58. The molecule has 0 aliphatic carbocycles. The van der Waals surface area contributed by atoms with Crippen LogP contribution in [0, 0.1) is 0 Å². The van der Waals surface area contributed by atoms with E-state index in [2.05, 4.69) is 11.9 Å². The maximum Gasteiger partial charge on any atom is 0.247 e. The summed E-state index contributed by atoms with van der Waals surface area (Å²) in [5, 5.41) is 2.67. The van der Waals surface area contributed by atoms with Crippen LogP contribution in [-0.4, -0.2) is 13.0 Å². The third kappa shape index (κ3) is 3.62. The second-order valence-corrected chi connectivity index (χ2v) is 4.00. The number of carbonyl (C=O) groups excluding carboxylic acids is 1. The molecule has 0 saturated carbocycles. The van der Waals surface area contributed by atoms with Gasteiger partial charge in [-0.05, 0) is 54.6 Å². The van der Waals surface area contributed by atoms with E-state index in [0.717, 1.165) is 5.75 Å². The van der Waals surface area contributed by atoms with E-state index in [1.54, 1.807) is 31.4 Å². The Hall–Kier alpha value is -2.75. The summed E-state index contributed by atoms with van der Waals surface area (Å²) in [7, 11) is 1.62. The van der Waals surface area contributed by atoms with Gasteiger partial charge in [0.2, 0.25) is 5.91 Å². The van der Waals surface area contributed by atoms with Crippen LogP contribution < -0.4 is 14.8 Å². The lowest BCUT2D eigenvalue weighted by molar-refractivity contribution is -0.111. The highest BCUT2D eigenvalue weighted by Crippen LogP contribution is 2.24. The van der Waals surface area contributed by atoms with E-state index in [0.29, 0.717) is 17.2 Å². The first-order valence-corrected chi connectivity index (χ1v) is 6.06. The van der Waals surface area contributed by atoms with Crippen molar-refractivity contribution in [2.75, 3.05) is 12.4 Å². The van der Waals surface area contributed by atoms with E-state index in [1.165, 1.54) is 6.08 Å². The van der Waals surface area contributed by atoms with E-state index in [1.807, 2.05) is 24.3 Å². The number of ether oxygens (including phenoxy) is 2. The van der Waals surface area contributed by atoms with Crippen LogP contribution >= 0.6 is 0 Å². The molecular formula is C16H15NO3. The molecule has 0 spiro atoms. The van der Waals surface area contributed by atoms with Gasteiger partial charge in [-0.15, -0.1) is 0 Å². The van der Waals surface area contributed by atoms with Crippen LogP contribution in [-0.2, 0) is 4.79 Å². The minimum Gasteiger partial charge on any atom is -0.497 e. The van der Waals surface area contributed by atoms with Crippen molar-refractivity contribution in [3.8, 4) is 17.2 Å². The first kappa shape index (κ1) is 13.7. The van der Waals surface area contributed by atoms with Gasteiger partial charge in [-0.1, -0.05) is 6.58 Å². The van der Waals surface area contributed by atoms with Gasteiger partial charge in [0, 0.05) is 5.69 Å². The van der Waals surface area contributed by atoms with Crippen molar-refractivity contribution in [2.45, 2.75) is 0 Å². The molecule has 1 amide bonds. The Morgan fingerprint density at radius 1 is 1.00 bits per heavy atom. The van der Waals surface area contributed by atoms with Crippen molar-refractivity contribution < 1.29 is 14.3 Å². The third-order valence-corrected chi connectivity index (χ3v) is 2.60. The number of methoxy groups -OCH3 is 1. The molecule has 0 aromatic heterocycles. The second kappa shape index (κ2) is 6.43. The molecule has 2 aromatic rings. The fourth-order valence-electron chi connectivity index (χ4n) is 1.58. The number of carbonyl (C=O) groups is 1. The average Bonchev–Trinajstić information content (AvgIpc) is 2.50. The predicted octanol–water partition coefficient (Wildman–Crippen LogP) is 3.61. The Morgan fingerprint density at radius 3 is 2.00 bits per heavy atom. The van der Waals surface area contributed by atoms with Crippen LogP contribution in [0.4, 0.5) is 5.69 Å². The Labute approximate surface area is 117 Å². The second-order valence-electron chi connectivity index (χ2n) is 4.00. The zero-order valence-corrected chi connectivity index (χ0v) is 11.1. The standard InChI is InChI=1S/C16H15NO3/c1-3-16(18)17-12-4-6-14(7-5-12)20-15-10-8-13(19-2)9-11-15/h3-11H,1H2,2H3,(H,17,18). The van der Waals surface area contributed by atoms with Crippen LogP contribution in [0.1, 0.15) is 0 Å². The first-order valence-electron chi connectivity index (χ1n) is 6.06. The number of anilines is 1. The highest BCUT2D eigenvalue weighted by Gasteiger charge is 2.00. The summed E-state index contributed by atoms with van der Waals surface area (Å²) in [6.07, 6.45) is 1.22. The molecule has 0 atom stereocenters. The highest BCUT2D eigenvalue weighted by atomic mass is 16.5. The predicted molar refractivity (Wildman–Crippen MR) is 78.3 cm³/mol. The SMILES string of the molecule is C=CC(=O)Nc1ccc(Oc2ccc(OC)cc2)cc1. The molecule has 2 rings (SSSR count). The topological polar surface area (TPSA) is 47.6 Å². The highest BCUT2D eigenvalue weighted by molar-refractivity contribution is 5.98. The molecule has 0 unspecified atom stereocenters. The van der Waals surface area contributed by atoms with E-state index < -0.39 is 0 Å². The van der Waals surface area contributed by atoms with Crippen molar-refractivity contribution in [3.05, 3.63) is 61.2 Å². The normalized spacial score (nSPS) is 9.65. The molecule has 102 valence electrons. The fraction of sp³-hybridized carbons (Fsp3) is 0.0625. The Kier molecular flexibility index (Phi) is 4.39. The summed E-state index contributed by atoms with van der Waals surface area (Å²) in [5.74, 6) is 1.94. The van der Waals surface area contributed by atoms with Crippen LogP contribution in [0.25, 0.3) is 0 Å². The van der Waals surface area contributed by atoms with E-state index in [4.69, 9.17) is 9.47 Å². The summed E-state index contributed by atoms with van der Waals surface area (Å²) >= 11 is 0. The Balaban J connectivity index is 2.02. The lowest BCUT2D eigenvalue weighted by Gasteiger charge is -2.08. The van der Waals surface area contributed by atoms with Crippen LogP contribution in [0.2, 0.25) is 0 Å². The first-order chi connectivity index (χ1) is 9.71. The zero-order chi connectivity index (χ0) is 14.4. The summed E-state index contributed by atoms with van der Waals surface area (Å²) in [4.78, 5) is 11.1. The molecule has 0 aliphatic rings. The van der Waals surface area contributed by atoms with E-state index in [9.17, 15) is 4.79 Å². The van der Waals surface area contributed by atoms with Gasteiger partial charge in [0.15, 0.2) is 0 Å². The Bertz CT molecular complexity index is 588. The summed E-state index contributed by atoms with van der Waals surface area (Å²) in [6, 6.07) is 14.4. The van der Waals surface area contributed by atoms with Gasteiger partial charge in [-0.3, -0.25) is 4.79 Å². The number of rotatable bonds is 5. The number of hydrogen-bond acceptors (Lipinski definition) is 3. The molecule has 0 aliphatic heterocycles. The maximum absolute atomic E-state index is 11.1. The monoisotopic (exact) mass is 269 g/mol. The van der Waals surface area contributed by atoms with Gasteiger partial charge in [-0.25, -0.2) is 0 Å². The van der Waals surface area contributed by atoms with Crippen LogP contribution in [0.3, 0.4) is 0 Å². The zero-order valence-electron chi connectivity index (χ0n) is 11.1. The van der Waals surface area contributed by atoms with Crippen molar-refractivity contribution in [3.63, 3.8) is 0 Å². The number of nitrogens with one attached hydrogen (secondary N) is 1. The molecule has 2 aromatic carbocycles. The average molecular weight is 269 g/mol. The van der Waals surface area contributed by atoms with E-state index >= 15 is 0 Å². The molecule has 4 nitrogen and oxygen atoms in total. The number of hydrogen-bond donors (Lipinski definition) is 1. The van der Waals surface area contributed by atoms with Gasteiger partial charge in [0.25, 0.3) is 0 Å². The van der Waals surface area contributed by atoms with Gasteiger partial charge >= 0.3 is 0 Å². The molecular weight excluding hydrogens is 254 g/mol. The molecule has 0 radical (unpaired) electrons. The molecule has 20 heavy (non-hydrogen) atoms. The molecule has 0 fully saturated rings. The molecule has 0 bridgehead atoms. The minimum absolute atomic E-state index is 0.242. The molecule has 0 heterocycles. The summed E-state index contributed by atoms with van der Waals surface area (Å²) in [5.41, 5.74) is 0.692. The molecule has 1 N–H and O–H groups in total. The lowest BCUT2D eigenvalue weighted by atomic mass is 10.3. The van der Waals surface area contributed by atoms with Crippen molar-refractivity contribution >= 4 is 11.6 Å². The largest absolute Gasteiger partial charge is 0.497 e.